The molecular weight excluding hydrogens is 424 g/mol. The van der Waals surface area contributed by atoms with Gasteiger partial charge in [-0.25, -0.2) is 4.98 Å². The first kappa shape index (κ1) is 21.1. The van der Waals surface area contributed by atoms with Crippen molar-refractivity contribution in [3.8, 4) is 11.3 Å². The molecule has 0 aliphatic heterocycles. The maximum Gasteiger partial charge on any atom is 0.314 e. The fourth-order valence-corrected chi connectivity index (χ4v) is 6.10. The molecule has 3 saturated carbocycles. The number of carboxylic acid groups (broad SMARTS) is 1. The van der Waals surface area contributed by atoms with Crippen LogP contribution in [-0.4, -0.2) is 27.1 Å². The Labute approximate surface area is 199 Å². The van der Waals surface area contributed by atoms with Crippen LogP contribution in [0, 0.1) is 11.8 Å². The average Bonchev–Trinajstić information content (AvgIpc) is 3.43. The van der Waals surface area contributed by atoms with Crippen molar-refractivity contribution in [3.05, 3.63) is 66.2 Å². The molecule has 3 unspecified atom stereocenters. The Kier molecular flexibility index (Phi) is 5.24. The van der Waals surface area contributed by atoms with Gasteiger partial charge in [0.2, 0.25) is 5.95 Å². The van der Waals surface area contributed by atoms with E-state index in [1.165, 1.54) is 25.7 Å². The number of benzene rings is 2. The zero-order chi connectivity index (χ0) is 23.1. The lowest BCUT2D eigenvalue weighted by molar-refractivity contribution is -0.147. The Hall–Kier alpha value is -3.41. The van der Waals surface area contributed by atoms with Crippen LogP contribution in [0.3, 0.4) is 0 Å². The van der Waals surface area contributed by atoms with Gasteiger partial charge in [-0.3, -0.25) is 4.79 Å². The van der Waals surface area contributed by atoms with Crippen molar-refractivity contribution in [2.24, 2.45) is 11.8 Å². The summed E-state index contributed by atoms with van der Waals surface area (Å²) in [6, 6.07) is 20.4. The first-order chi connectivity index (χ1) is 16.6. The zero-order valence-corrected chi connectivity index (χ0v) is 19.2. The fourth-order valence-electron chi connectivity index (χ4n) is 6.10. The standard InChI is InChI=1S/C28H30N4O2/c33-26(34)28(13-4-14-28)21-9-11-22(12-10-21)29-27-31-24(19-5-2-1-3-6-19)17-25(32-27)30-23-16-18-7-8-20(23)15-18/h1-3,5-6,9-12,17-18,20,23H,4,7-8,13-16H2,(H,33,34)(H2,29,30,31,32). The van der Waals surface area contributed by atoms with Crippen molar-refractivity contribution in [1.29, 1.82) is 0 Å². The highest BCUT2D eigenvalue weighted by molar-refractivity contribution is 5.82. The summed E-state index contributed by atoms with van der Waals surface area (Å²) in [5.41, 5.74) is 2.92. The highest BCUT2D eigenvalue weighted by atomic mass is 16.4. The minimum Gasteiger partial charge on any atom is -0.481 e. The molecule has 3 aromatic rings. The predicted molar refractivity (Wildman–Crippen MR) is 133 cm³/mol. The van der Waals surface area contributed by atoms with E-state index in [4.69, 9.17) is 9.97 Å². The summed E-state index contributed by atoms with van der Waals surface area (Å²) in [5.74, 6) is 2.27. The first-order valence-corrected chi connectivity index (χ1v) is 12.4. The molecule has 3 N–H and O–H groups in total. The number of hydrogen-bond acceptors (Lipinski definition) is 5. The predicted octanol–water partition coefficient (Wildman–Crippen LogP) is 5.99. The maximum atomic E-state index is 11.8. The topological polar surface area (TPSA) is 87.1 Å². The molecule has 3 aliphatic rings. The molecule has 0 radical (unpaired) electrons. The first-order valence-electron chi connectivity index (χ1n) is 12.4. The number of aliphatic carboxylic acids is 1. The number of nitrogens with one attached hydrogen (secondary N) is 2. The second-order valence-electron chi connectivity index (χ2n) is 10.2. The number of aromatic nitrogens is 2. The van der Waals surface area contributed by atoms with Crippen molar-refractivity contribution in [2.75, 3.05) is 10.6 Å². The summed E-state index contributed by atoms with van der Waals surface area (Å²) < 4.78 is 0. The highest BCUT2D eigenvalue weighted by Gasteiger charge is 2.45. The molecular formula is C28H30N4O2. The largest absolute Gasteiger partial charge is 0.481 e. The highest BCUT2D eigenvalue weighted by Crippen LogP contribution is 2.46. The summed E-state index contributed by atoms with van der Waals surface area (Å²) in [6.07, 6.45) is 7.62. The van der Waals surface area contributed by atoms with Crippen LogP contribution in [0.15, 0.2) is 60.7 Å². The zero-order valence-electron chi connectivity index (χ0n) is 19.2. The number of rotatable bonds is 7. The lowest BCUT2D eigenvalue weighted by Crippen LogP contribution is -2.42. The van der Waals surface area contributed by atoms with E-state index in [1.54, 1.807) is 0 Å². The van der Waals surface area contributed by atoms with Gasteiger partial charge < -0.3 is 15.7 Å². The van der Waals surface area contributed by atoms with Gasteiger partial charge in [0.15, 0.2) is 0 Å². The third-order valence-electron chi connectivity index (χ3n) is 8.18. The molecule has 6 rings (SSSR count). The number of carbonyl (C=O) groups is 1. The minimum atomic E-state index is -0.727. The van der Waals surface area contributed by atoms with Gasteiger partial charge in [-0.15, -0.1) is 0 Å². The molecule has 6 heteroatoms. The lowest BCUT2D eigenvalue weighted by Gasteiger charge is -2.38. The van der Waals surface area contributed by atoms with Crippen molar-refractivity contribution < 1.29 is 9.90 Å². The van der Waals surface area contributed by atoms with Gasteiger partial charge in [0.05, 0.1) is 11.1 Å². The molecule has 1 heterocycles. The Morgan fingerprint density at radius 1 is 0.971 bits per heavy atom. The van der Waals surface area contributed by atoms with Crippen LogP contribution in [0.5, 0.6) is 0 Å². The van der Waals surface area contributed by atoms with Crippen molar-refractivity contribution in [1.82, 2.24) is 9.97 Å². The van der Waals surface area contributed by atoms with Gasteiger partial charge in [-0.2, -0.15) is 4.98 Å². The monoisotopic (exact) mass is 454 g/mol. The van der Waals surface area contributed by atoms with E-state index in [0.717, 1.165) is 46.6 Å². The average molecular weight is 455 g/mol. The molecule has 2 aromatic carbocycles. The second kappa shape index (κ2) is 8.42. The van der Waals surface area contributed by atoms with Crippen LogP contribution >= 0.6 is 0 Å². The third-order valence-corrected chi connectivity index (χ3v) is 8.18. The van der Waals surface area contributed by atoms with Crippen LogP contribution in [0.25, 0.3) is 11.3 Å². The van der Waals surface area contributed by atoms with Gasteiger partial charge in [0, 0.05) is 23.4 Å². The van der Waals surface area contributed by atoms with E-state index in [2.05, 4.69) is 22.8 Å². The Balaban J connectivity index is 1.27. The SMILES string of the molecule is O=C(O)C1(c2ccc(Nc3nc(NC4CC5CCC4C5)cc(-c4ccccc4)n3)cc2)CCC1. The summed E-state index contributed by atoms with van der Waals surface area (Å²) in [4.78, 5) is 21.4. The summed E-state index contributed by atoms with van der Waals surface area (Å²) in [6.45, 7) is 0. The van der Waals surface area contributed by atoms with E-state index in [1.807, 2.05) is 48.5 Å². The number of nitrogens with zero attached hydrogens (tertiary/aromatic N) is 2. The Bertz CT molecular complexity index is 1190. The van der Waals surface area contributed by atoms with Crippen LogP contribution in [0.1, 0.15) is 50.5 Å². The van der Waals surface area contributed by atoms with Crippen molar-refractivity contribution in [2.45, 2.75) is 56.4 Å². The van der Waals surface area contributed by atoms with Crippen molar-refractivity contribution in [3.63, 3.8) is 0 Å². The molecule has 3 aliphatic carbocycles. The molecule has 34 heavy (non-hydrogen) atoms. The summed E-state index contributed by atoms with van der Waals surface area (Å²) in [5, 5.41) is 16.8. The van der Waals surface area contributed by atoms with Crippen LogP contribution in [0.2, 0.25) is 0 Å². The fraction of sp³-hybridized carbons (Fsp3) is 0.393. The van der Waals surface area contributed by atoms with E-state index >= 15 is 0 Å². The molecule has 0 spiro atoms. The van der Waals surface area contributed by atoms with Crippen molar-refractivity contribution >= 4 is 23.4 Å². The Morgan fingerprint density at radius 3 is 2.38 bits per heavy atom. The smallest absolute Gasteiger partial charge is 0.314 e. The summed E-state index contributed by atoms with van der Waals surface area (Å²) in [7, 11) is 0. The van der Waals surface area contributed by atoms with E-state index in [-0.39, 0.29) is 0 Å². The molecule has 0 saturated heterocycles. The van der Waals surface area contributed by atoms with Gasteiger partial charge in [0.25, 0.3) is 0 Å². The number of anilines is 3. The van der Waals surface area contributed by atoms with Gasteiger partial charge in [0.1, 0.15) is 5.82 Å². The molecule has 3 fully saturated rings. The van der Waals surface area contributed by atoms with E-state index in [9.17, 15) is 9.90 Å². The maximum absolute atomic E-state index is 11.8. The van der Waals surface area contributed by atoms with Crippen LogP contribution < -0.4 is 10.6 Å². The summed E-state index contributed by atoms with van der Waals surface area (Å²) >= 11 is 0. The second-order valence-corrected chi connectivity index (χ2v) is 10.2. The van der Waals surface area contributed by atoms with E-state index < -0.39 is 11.4 Å². The normalized spacial score (nSPS) is 24.4. The quantitative estimate of drug-likeness (QED) is 0.406. The molecule has 6 nitrogen and oxygen atoms in total. The number of fused-ring (bicyclic) bond motifs is 2. The molecule has 3 atom stereocenters. The van der Waals surface area contributed by atoms with Gasteiger partial charge >= 0.3 is 5.97 Å². The van der Waals surface area contributed by atoms with Gasteiger partial charge in [-0.1, -0.05) is 55.3 Å². The molecule has 174 valence electrons. The minimum absolute atomic E-state index is 0.485. The Morgan fingerprint density at radius 2 is 1.76 bits per heavy atom. The number of carboxylic acids is 1. The third kappa shape index (κ3) is 3.81. The van der Waals surface area contributed by atoms with Gasteiger partial charge in [-0.05, 0) is 61.6 Å². The molecule has 0 amide bonds. The van der Waals surface area contributed by atoms with Crippen LogP contribution in [0.4, 0.5) is 17.5 Å². The molecule has 1 aromatic heterocycles. The molecule has 2 bridgehead atoms. The number of hydrogen-bond donors (Lipinski definition) is 3. The van der Waals surface area contributed by atoms with Crippen LogP contribution in [-0.2, 0) is 10.2 Å². The lowest BCUT2D eigenvalue weighted by atomic mass is 9.64. The van der Waals surface area contributed by atoms with E-state index in [0.29, 0.717) is 24.8 Å².